The van der Waals surface area contributed by atoms with Crippen molar-refractivity contribution in [3.63, 3.8) is 0 Å². The summed E-state index contributed by atoms with van der Waals surface area (Å²) in [6, 6.07) is 4.58. The fourth-order valence-electron chi connectivity index (χ4n) is 1.61. The fraction of sp³-hybridized carbons (Fsp3) is 0.385. The lowest BCUT2D eigenvalue weighted by molar-refractivity contribution is 0.224. The fourth-order valence-corrected chi connectivity index (χ4v) is 1.61. The zero-order valence-electron chi connectivity index (χ0n) is 12.9. The number of rotatable bonds is 4. The van der Waals surface area contributed by atoms with Gasteiger partial charge in [-0.1, -0.05) is 6.07 Å². The van der Waals surface area contributed by atoms with Crippen molar-refractivity contribution in [3.8, 4) is 0 Å². The number of benzene rings is 1. The average molecular weight is 294 g/mol. The van der Waals surface area contributed by atoms with Crippen molar-refractivity contribution in [3.05, 3.63) is 23.8 Å². The maximum Gasteiger partial charge on any atom is 0.333 e. The van der Waals surface area contributed by atoms with Gasteiger partial charge in [-0.3, -0.25) is 10.9 Å². The molecular formula is C13H22N6O2. The van der Waals surface area contributed by atoms with E-state index in [4.69, 9.17) is 0 Å². The summed E-state index contributed by atoms with van der Waals surface area (Å²) in [4.78, 5) is 23.4. The normalized spacial score (nSPS) is 10.4. The van der Waals surface area contributed by atoms with Gasteiger partial charge in [0.2, 0.25) is 0 Å². The summed E-state index contributed by atoms with van der Waals surface area (Å²) in [7, 11) is 6.87. The number of nitrogens with zero attached hydrogens (tertiary/aromatic N) is 2. The van der Waals surface area contributed by atoms with Gasteiger partial charge in [-0.25, -0.2) is 19.6 Å². The van der Waals surface area contributed by atoms with Crippen LogP contribution in [0.25, 0.3) is 0 Å². The molecule has 21 heavy (non-hydrogen) atoms. The Morgan fingerprint density at radius 3 is 1.57 bits per heavy atom. The zero-order chi connectivity index (χ0) is 16.0. The molecule has 0 spiro atoms. The molecule has 0 fully saturated rings. The maximum atomic E-state index is 11.7. The van der Waals surface area contributed by atoms with Crippen LogP contribution in [0.1, 0.15) is 5.56 Å². The highest BCUT2D eigenvalue weighted by Gasteiger charge is 2.10. The summed E-state index contributed by atoms with van der Waals surface area (Å²) in [6.07, 6.45) is 0. The summed E-state index contributed by atoms with van der Waals surface area (Å²) in [5.74, 6) is 0. The highest BCUT2D eigenvalue weighted by molar-refractivity contribution is 5.94. The molecule has 1 rings (SSSR count). The number of hydrogen-bond donors (Lipinski definition) is 4. The van der Waals surface area contributed by atoms with Gasteiger partial charge in [-0.05, 0) is 24.6 Å². The van der Waals surface area contributed by atoms with E-state index in [-0.39, 0.29) is 12.1 Å². The van der Waals surface area contributed by atoms with Gasteiger partial charge in [0, 0.05) is 39.6 Å². The van der Waals surface area contributed by atoms with Gasteiger partial charge in [0.25, 0.3) is 0 Å². The van der Waals surface area contributed by atoms with Gasteiger partial charge in [-0.15, -0.1) is 0 Å². The van der Waals surface area contributed by atoms with Crippen LogP contribution < -0.4 is 21.5 Å². The summed E-state index contributed by atoms with van der Waals surface area (Å²) < 4.78 is 0. The Morgan fingerprint density at radius 1 is 0.857 bits per heavy atom. The van der Waals surface area contributed by atoms with Crippen molar-refractivity contribution in [2.75, 3.05) is 38.8 Å². The molecule has 0 heterocycles. The Bertz CT molecular complexity index is 473. The molecule has 0 aliphatic heterocycles. The second-order valence-electron chi connectivity index (χ2n) is 4.90. The molecule has 0 saturated carbocycles. The van der Waals surface area contributed by atoms with Gasteiger partial charge >= 0.3 is 12.1 Å². The monoisotopic (exact) mass is 294 g/mol. The van der Waals surface area contributed by atoms with Crippen LogP contribution in [0.2, 0.25) is 0 Å². The lowest BCUT2D eigenvalue weighted by Gasteiger charge is -2.17. The van der Waals surface area contributed by atoms with Crippen LogP contribution in [-0.4, -0.2) is 50.3 Å². The number of amides is 4. The van der Waals surface area contributed by atoms with Gasteiger partial charge in [0.05, 0.1) is 0 Å². The molecule has 0 aliphatic rings. The standard InChI is InChI=1S/C13H22N6O2/c1-9-10(14-12(20)16-18(2)3)7-6-8-11(9)15-13(21)17-19(4)5/h6-8H,1-5H3,(H2,14,16,20)(H2,15,17,21). The summed E-state index contributed by atoms with van der Waals surface area (Å²) in [6.45, 7) is 1.82. The van der Waals surface area contributed by atoms with Crippen molar-refractivity contribution in [1.29, 1.82) is 0 Å². The minimum atomic E-state index is -0.349. The third-order valence-electron chi connectivity index (χ3n) is 2.48. The highest BCUT2D eigenvalue weighted by Crippen LogP contribution is 2.23. The quantitative estimate of drug-likeness (QED) is 0.628. The predicted molar refractivity (Wildman–Crippen MR) is 82.9 cm³/mol. The first-order valence-corrected chi connectivity index (χ1v) is 6.39. The number of hydrazine groups is 2. The lowest BCUT2D eigenvalue weighted by Crippen LogP contribution is -2.40. The van der Waals surface area contributed by atoms with Gasteiger partial charge in [0.15, 0.2) is 0 Å². The predicted octanol–water partition coefficient (Wildman–Crippen LogP) is 1.19. The lowest BCUT2D eigenvalue weighted by atomic mass is 10.1. The first kappa shape index (κ1) is 16.7. The van der Waals surface area contributed by atoms with Crippen LogP contribution >= 0.6 is 0 Å². The average Bonchev–Trinajstić information content (AvgIpc) is 2.32. The summed E-state index contributed by atoms with van der Waals surface area (Å²) in [5.41, 5.74) is 7.17. The molecule has 8 nitrogen and oxygen atoms in total. The van der Waals surface area contributed by atoms with Gasteiger partial charge in [-0.2, -0.15) is 0 Å². The molecule has 0 saturated heterocycles. The molecule has 0 atom stereocenters. The van der Waals surface area contributed by atoms with Crippen molar-refractivity contribution >= 4 is 23.4 Å². The smallest absolute Gasteiger partial charge is 0.307 e. The highest BCUT2D eigenvalue weighted by atomic mass is 16.2. The van der Waals surface area contributed by atoms with E-state index >= 15 is 0 Å². The van der Waals surface area contributed by atoms with Crippen molar-refractivity contribution < 1.29 is 9.59 Å². The van der Waals surface area contributed by atoms with E-state index < -0.39 is 0 Å². The van der Waals surface area contributed by atoms with E-state index in [2.05, 4.69) is 21.5 Å². The number of carbonyl (C=O) groups is 2. The first-order valence-electron chi connectivity index (χ1n) is 6.39. The number of hydrogen-bond acceptors (Lipinski definition) is 4. The third kappa shape index (κ3) is 5.67. The number of anilines is 2. The molecule has 1 aromatic carbocycles. The molecule has 8 heteroatoms. The first-order chi connectivity index (χ1) is 9.79. The number of carbonyl (C=O) groups excluding carboxylic acids is 2. The van der Waals surface area contributed by atoms with E-state index in [0.717, 1.165) is 5.56 Å². The SMILES string of the molecule is Cc1c(NC(=O)NN(C)C)cccc1NC(=O)NN(C)C. The maximum absolute atomic E-state index is 11.7. The molecule has 0 radical (unpaired) electrons. The van der Waals surface area contributed by atoms with E-state index in [1.54, 1.807) is 46.4 Å². The van der Waals surface area contributed by atoms with Crippen LogP contribution in [0, 0.1) is 6.92 Å². The molecule has 1 aromatic rings. The van der Waals surface area contributed by atoms with Crippen LogP contribution in [0.15, 0.2) is 18.2 Å². The van der Waals surface area contributed by atoms with Crippen molar-refractivity contribution in [1.82, 2.24) is 20.9 Å². The largest absolute Gasteiger partial charge is 0.333 e. The molecule has 116 valence electrons. The van der Waals surface area contributed by atoms with Crippen molar-refractivity contribution in [2.45, 2.75) is 6.92 Å². The van der Waals surface area contributed by atoms with E-state index in [9.17, 15) is 9.59 Å². The molecular weight excluding hydrogens is 272 g/mol. The van der Waals surface area contributed by atoms with Crippen molar-refractivity contribution in [2.24, 2.45) is 0 Å². The minimum Gasteiger partial charge on any atom is -0.307 e. The van der Waals surface area contributed by atoms with Crippen LogP contribution in [0.5, 0.6) is 0 Å². The van der Waals surface area contributed by atoms with Crippen LogP contribution in [0.4, 0.5) is 21.0 Å². The Balaban J connectivity index is 2.78. The summed E-state index contributed by atoms with van der Waals surface area (Å²) in [5, 5.41) is 8.52. The zero-order valence-corrected chi connectivity index (χ0v) is 12.9. The van der Waals surface area contributed by atoms with Crippen LogP contribution in [0.3, 0.4) is 0 Å². The molecule has 0 aliphatic carbocycles. The number of nitrogens with one attached hydrogen (secondary N) is 4. The molecule has 4 N–H and O–H groups in total. The molecule has 0 aromatic heterocycles. The van der Waals surface area contributed by atoms with Gasteiger partial charge in [0.1, 0.15) is 0 Å². The number of urea groups is 2. The molecule has 0 unspecified atom stereocenters. The van der Waals surface area contributed by atoms with Gasteiger partial charge < -0.3 is 10.6 Å². The Morgan fingerprint density at radius 2 is 1.24 bits per heavy atom. The van der Waals surface area contributed by atoms with E-state index in [0.29, 0.717) is 11.4 Å². The minimum absolute atomic E-state index is 0.349. The second-order valence-corrected chi connectivity index (χ2v) is 4.90. The molecule has 0 bridgehead atoms. The Kier molecular flexibility index (Phi) is 5.94. The Hall–Kier alpha value is -2.32. The second kappa shape index (κ2) is 7.46. The topological polar surface area (TPSA) is 88.7 Å². The third-order valence-corrected chi connectivity index (χ3v) is 2.48. The van der Waals surface area contributed by atoms with E-state index in [1.807, 2.05) is 6.92 Å². The molecule has 4 amide bonds. The Labute approximate surface area is 124 Å². The van der Waals surface area contributed by atoms with E-state index in [1.165, 1.54) is 10.0 Å². The van der Waals surface area contributed by atoms with Crippen LogP contribution in [-0.2, 0) is 0 Å². The summed E-state index contributed by atoms with van der Waals surface area (Å²) >= 11 is 0.